The van der Waals surface area contributed by atoms with Gasteiger partial charge in [0.05, 0.1) is 17.8 Å². The average molecular weight is 287 g/mol. The Morgan fingerprint density at radius 3 is 2.80 bits per heavy atom. The van der Waals surface area contributed by atoms with Gasteiger partial charge in [-0.25, -0.2) is 4.79 Å². The van der Waals surface area contributed by atoms with Gasteiger partial charge in [0.1, 0.15) is 6.61 Å². The lowest BCUT2D eigenvalue weighted by molar-refractivity contribution is -0.139. The number of halogens is 3. The van der Waals surface area contributed by atoms with E-state index in [0.29, 0.717) is 6.54 Å². The normalized spacial score (nSPS) is 18.1. The van der Waals surface area contributed by atoms with Crippen molar-refractivity contribution in [2.75, 3.05) is 25.6 Å². The standard InChI is InChI=1S/C12H12F3N3O2/c1-18-5-6-20-11(19)10(18)17-16-9-4-2-3-8(7-9)12(13,14)15/h2-4,7,16H,5-6H2,1H3/b17-10-. The Hall–Kier alpha value is -2.25. The highest BCUT2D eigenvalue weighted by atomic mass is 19.4. The highest BCUT2D eigenvalue weighted by Gasteiger charge is 2.30. The van der Waals surface area contributed by atoms with E-state index in [4.69, 9.17) is 4.74 Å². The van der Waals surface area contributed by atoms with Crippen molar-refractivity contribution in [1.29, 1.82) is 0 Å². The van der Waals surface area contributed by atoms with Gasteiger partial charge in [-0.2, -0.15) is 13.2 Å². The molecule has 0 amide bonds. The highest BCUT2D eigenvalue weighted by molar-refractivity contribution is 6.35. The summed E-state index contributed by atoms with van der Waals surface area (Å²) in [6, 6.07) is 4.55. The van der Waals surface area contributed by atoms with Crippen molar-refractivity contribution in [3.8, 4) is 0 Å². The molecule has 0 spiro atoms. The molecule has 1 N–H and O–H groups in total. The lowest BCUT2D eigenvalue weighted by atomic mass is 10.2. The second-order valence-corrected chi connectivity index (χ2v) is 4.18. The molecule has 0 aliphatic carbocycles. The largest absolute Gasteiger partial charge is 0.458 e. The molecular weight excluding hydrogens is 275 g/mol. The van der Waals surface area contributed by atoms with E-state index in [1.165, 1.54) is 12.1 Å². The van der Waals surface area contributed by atoms with Crippen LogP contribution < -0.4 is 5.43 Å². The number of ether oxygens (including phenoxy) is 1. The molecule has 1 aliphatic rings. The summed E-state index contributed by atoms with van der Waals surface area (Å²) in [5, 5.41) is 3.79. The molecule has 1 heterocycles. The Bertz CT molecular complexity index is 543. The second-order valence-electron chi connectivity index (χ2n) is 4.18. The van der Waals surface area contributed by atoms with Gasteiger partial charge in [-0.3, -0.25) is 5.43 Å². The number of anilines is 1. The summed E-state index contributed by atoms with van der Waals surface area (Å²) in [4.78, 5) is 13.0. The quantitative estimate of drug-likeness (QED) is 0.667. The zero-order valence-corrected chi connectivity index (χ0v) is 10.6. The topological polar surface area (TPSA) is 53.9 Å². The lowest BCUT2D eigenvalue weighted by Crippen LogP contribution is -2.43. The van der Waals surface area contributed by atoms with Crippen LogP contribution >= 0.6 is 0 Å². The molecule has 20 heavy (non-hydrogen) atoms. The van der Waals surface area contributed by atoms with Crippen LogP contribution in [0.2, 0.25) is 0 Å². The SMILES string of the molecule is CN1CCOC(=O)/C1=N/Nc1cccc(C(F)(F)F)c1. The van der Waals surface area contributed by atoms with Crippen molar-refractivity contribution in [3.63, 3.8) is 0 Å². The van der Waals surface area contributed by atoms with Crippen LogP contribution in [0.15, 0.2) is 29.4 Å². The van der Waals surface area contributed by atoms with Gasteiger partial charge in [0.15, 0.2) is 0 Å². The first-order chi connectivity index (χ1) is 9.38. The molecule has 1 aromatic rings. The maximum absolute atomic E-state index is 12.5. The zero-order chi connectivity index (χ0) is 14.8. The first-order valence-electron chi connectivity index (χ1n) is 5.77. The van der Waals surface area contributed by atoms with Crippen molar-refractivity contribution in [2.24, 2.45) is 5.10 Å². The van der Waals surface area contributed by atoms with Gasteiger partial charge in [0.2, 0.25) is 5.84 Å². The fraction of sp³-hybridized carbons (Fsp3) is 0.333. The maximum Gasteiger partial charge on any atom is 0.416 e. The summed E-state index contributed by atoms with van der Waals surface area (Å²) < 4.78 is 42.4. The van der Waals surface area contributed by atoms with Crippen molar-refractivity contribution in [1.82, 2.24) is 4.90 Å². The molecule has 0 unspecified atom stereocenters. The van der Waals surface area contributed by atoms with E-state index >= 15 is 0 Å². The number of hydrogen-bond donors (Lipinski definition) is 1. The van der Waals surface area contributed by atoms with Crippen LogP contribution in [0.3, 0.4) is 0 Å². The maximum atomic E-state index is 12.5. The number of nitrogens with one attached hydrogen (secondary N) is 1. The van der Waals surface area contributed by atoms with Crippen LogP contribution in [0.1, 0.15) is 5.56 Å². The van der Waals surface area contributed by atoms with Gasteiger partial charge in [0.25, 0.3) is 0 Å². The molecule has 0 aromatic heterocycles. The van der Waals surface area contributed by atoms with Crippen molar-refractivity contribution >= 4 is 17.5 Å². The zero-order valence-electron chi connectivity index (χ0n) is 10.6. The summed E-state index contributed by atoms with van der Waals surface area (Å²) in [7, 11) is 1.65. The molecule has 1 aromatic carbocycles. The predicted molar refractivity (Wildman–Crippen MR) is 66.1 cm³/mol. The number of rotatable bonds is 2. The van der Waals surface area contributed by atoms with Gasteiger partial charge < -0.3 is 9.64 Å². The van der Waals surface area contributed by atoms with Gasteiger partial charge in [-0.05, 0) is 18.2 Å². The third-order valence-electron chi connectivity index (χ3n) is 2.68. The number of amidine groups is 1. The fourth-order valence-corrected chi connectivity index (χ4v) is 1.62. The molecule has 0 saturated carbocycles. The number of cyclic esters (lactones) is 1. The van der Waals surface area contributed by atoms with Crippen LogP contribution in [0.4, 0.5) is 18.9 Å². The third-order valence-corrected chi connectivity index (χ3v) is 2.68. The van der Waals surface area contributed by atoms with Gasteiger partial charge in [0, 0.05) is 7.05 Å². The van der Waals surface area contributed by atoms with Gasteiger partial charge >= 0.3 is 12.1 Å². The smallest absolute Gasteiger partial charge is 0.416 e. The van der Waals surface area contributed by atoms with Crippen LogP contribution in [0.25, 0.3) is 0 Å². The number of hydrogen-bond acceptors (Lipinski definition) is 4. The number of esters is 1. The van der Waals surface area contributed by atoms with Crippen molar-refractivity contribution in [3.05, 3.63) is 29.8 Å². The van der Waals surface area contributed by atoms with E-state index in [2.05, 4.69) is 10.5 Å². The average Bonchev–Trinajstić information content (AvgIpc) is 2.37. The Balaban J connectivity index is 2.16. The monoisotopic (exact) mass is 287 g/mol. The summed E-state index contributed by atoms with van der Waals surface area (Å²) in [5.74, 6) is -0.591. The van der Waals surface area contributed by atoms with Crippen LogP contribution in [0.5, 0.6) is 0 Å². The Kier molecular flexibility index (Phi) is 3.82. The third kappa shape index (κ3) is 3.19. The number of carbonyl (C=O) groups excluding carboxylic acids is 1. The van der Waals surface area contributed by atoms with E-state index in [1.807, 2.05) is 0 Å². The van der Waals surface area contributed by atoms with E-state index in [-0.39, 0.29) is 18.1 Å². The first kappa shape index (κ1) is 14.2. The number of nitrogens with zero attached hydrogens (tertiary/aromatic N) is 2. The Labute approximate surface area is 113 Å². The van der Waals surface area contributed by atoms with Crippen molar-refractivity contribution < 1.29 is 22.7 Å². The molecule has 1 saturated heterocycles. The molecule has 0 bridgehead atoms. The van der Waals surface area contributed by atoms with Gasteiger partial charge in [-0.15, -0.1) is 5.10 Å². The number of morpholine rings is 1. The second kappa shape index (κ2) is 5.40. The van der Waals surface area contributed by atoms with Gasteiger partial charge in [-0.1, -0.05) is 6.07 Å². The minimum Gasteiger partial charge on any atom is -0.458 e. The number of carbonyl (C=O) groups is 1. The number of alkyl halides is 3. The number of hydrazone groups is 1. The summed E-state index contributed by atoms with van der Waals surface area (Å²) in [5.41, 5.74) is 1.78. The first-order valence-corrected chi connectivity index (χ1v) is 5.77. The Morgan fingerprint density at radius 2 is 2.15 bits per heavy atom. The molecule has 8 heteroatoms. The van der Waals surface area contributed by atoms with Crippen LogP contribution in [-0.4, -0.2) is 36.9 Å². The van der Waals surface area contributed by atoms with Crippen LogP contribution in [-0.2, 0) is 15.7 Å². The number of likely N-dealkylation sites (N-methyl/N-ethyl adjacent to an activating group) is 1. The summed E-state index contributed by atoms with van der Waals surface area (Å²) in [6.07, 6.45) is -4.43. The minimum absolute atomic E-state index is 0.0219. The molecule has 108 valence electrons. The molecule has 2 rings (SSSR count). The Morgan fingerprint density at radius 1 is 1.40 bits per heavy atom. The van der Waals surface area contributed by atoms with E-state index < -0.39 is 17.7 Å². The van der Waals surface area contributed by atoms with E-state index in [9.17, 15) is 18.0 Å². The van der Waals surface area contributed by atoms with E-state index in [0.717, 1.165) is 12.1 Å². The highest BCUT2D eigenvalue weighted by Crippen LogP contribution is 2.30. The number of benzene rings is 1. The fourth-order valence-electron chi connectivity index (χ4n) is 1.62. The molecule has 1 fully saturated rings. The van der Waals surface area contributed by atoms with Crippen molar-refractivity contribution in [2.45, 2.75) is 6.18 Å². The molecule has 1 aliphatic heterocycles. The van der Waals surface area contributed by atoms with Crippen LogP contribution in [0, 0.1) is 0 Å². The predicted octanol–water partition coefficient (Wildman–Crippen LogP) is 1.92. The minimum atomic E-state index is -4.43. The molecular formula is C12H12F3N3O2. The molecule has 5 nitrogen and oxygen atoms in total. The van der Waals surface area contributed by atoms with E-state index in [1.54, 1.807) is 11.9 Å². The lowest BCUT2D eigenvalue weighted by Gasteiger charge is -2.24. The summed E-state index contributed by atoms with van der Waals surface area (Å²) >= 11 is 0. The molecule has 0 atom stereocenters. The molecule has 0 radical (unpaired) electrons. The summed E-state index contributed by atoms with van der Waals surface area (Å²) in [6.45, 7) is 0.743.